The zero-order valence-corrected chi connectivity index (χ0v) is 18.8. The molecule has 0 aliphatic carbocycles. The van der Waals surface area contributed by atoms with Crippen molar-refractivity contribution in [1.82, 2.24) is 14.9 Å². The Hall–Kier alpha value is -2.43. The average Bonchev–Trinajstić information content (AvgIpc) is 2.95. The van der Waals surface area contributed by atoms with Gasteiger partial charge in [0.1, 0.15) is 16.5 Å². The number of nitrogens with two attached hydrogens (primary N) is 1. The molecule has 1 aromatic carbocycles. The van der Waals surface area contributed by atoms with Crippen LogP contribution < -0.4 is 11.1 Å². The van der Waals surface area contributed by atoms with Gasteiger partial charge < -0.3 is 11.1 Å². The first-order chi connectivity index (χ1) is 14.4. The first-order valence-electron chi connectivity index (χ1n) is 9.28. The van der Waals surface area contributed by atoms with Crippen LogP contribution in [0.1, 0.15) is 34.8 Å². The van der Waals surface area contributed by atoms with Gasteiger partial charge in [0.2, 0.25) is 5.91 Å². The van der Waals surface area contributed by atoms with Gasteiger partial charge in [-0.1, -0.05) is 11.6 Å². The van der Waals surface area contributed by atoms with Crippen molar-refractivity contribution in [3.63, 3.8) is 0 Å². The van der Waals surface area contributed by atoms with E-state index in [1.165, 1.54) is 17.4 Å². The zero-order valence-electron chi connectivity index (χ0n) is 17.3. The molecule has 3 aromatic rings. The number of hydrogen-bond acceptors (Lipinski definition) is 6. The minimum atomic E-state index is -4.61. The number of hydrogen-bond donors (Lipinski definition) is 2. The molecule has 2 heterocycles. The Morgan fingerprint density at radius 3 is 2.65 bits per heavy atom. The van der Waals surface area contributed by atoms with Crippen LogP contribution in [0, 0.1) is 13.8 Å². The van der Waals surface area contributed by atoms with Crippen molar-refractivity contribution in [2.24, 2.45) is 0 Å². The molecule has 0 saturated heterocycles. The van der Waals surface area contributed by atoms with Crippen LogP contribution in [0.2, 0.25) is 5.02 Å². The largest absolute Gasteiger partial charge is 0.417 e. The molecule has 0 radical (unpaired) electrons. The molecule has 3 N–H and O–H groups in total. The molecule has 0 fully saturated rings. The summed E-state index contributed by atoms with van der Waals surface area (Å²) in [5, 5.41) is 2.87. The average molecular weight is 472 g/mol. The fourth-order valence-electron chi connectivity index (χ4n) is 3.07. The molecule has 166 valence electrons. The summed E-state index contributed by atoms with van der Waals surface area (Å²) >= 11 is 7.14. The molecule has 1 atom stereocenters. The van der Waals surface area contributed by atoms with E-state index in [4.69, 9.17) is 17.3 Å². The second-order valence-corrected chi connectivity index (χ2v) is 8.87. The predicted octanol–water partition coefficient (Wildman–Crippen LogP) is 5.19. The number of aromatic nitrogens is 2. The maximum atomic E-state index is 13.0. The summed E-state index contributed by atoms with van der Waals surface area (Å²) < 4.78 is 39.0. The lowest BCUT2D eigenvalue weighted by molar-refractivity contribution is -0.137. The minimum Gasteiger partial charge on any atom is -0.383 e. The van der Waals surface area contributed by atoms with E-state index in [1.807, 2.05) is 20.8 Å². The summed E-state index contributed by atoms with van der Waals surface area (Å²) in [4.78, 5) is 25.0. The van der Waals surface area contributed by atoms with E-state index >= 15 is 0 Å². The molecule has 3 rings (SSSR count). The van der Waals surface area contributed by atoms with Crippen molar-refractivity contribution in [2.45, 2.75) is 33.0 Å². The maximum Gasteiger partial charge on any atom is 0.417 e. The summed E-state index contributed by atoms with van der Waals surface area (Å²) in [6.07, 6.45) is -4.61. The van der Waals surface area contributed by atoms with Gasteiger partial charge >= 0.3 is 6.18 Å². The highest BCUT2D eigenvalue weighted by Gasteiger charge is 2.33. The summed E-state index contributed by atoms with van der Waals surface area (Å²) in [5.74, 6) is 0.362. The summed E-state index contributed by atoms with van der Waals surface area (Å²) in [5.41, 5.74) is 6.18. The Balaban J connectivity index is 1.73. The van der Waals surface area contributed by atoms with Crippen LogP contribution in [-0.2, 0) is 11.0 Å². The Morgan fingerprint density at radius 2 is 2.00 bits per heavy atom. The number of aryl methyl sites for hydroxylation is 2. The number of alkyl halides is 3. The van der Waals surface area contributed by atoms with Crippen LogP contribution in [0.5, 0.6) is 0 Å². The number of carbonyl (C=O) groups excluding carboxylic acids is 1. The highest BCUT2D eigenvalue weighted by Crippen LogP contribution is 2.36. The van der Waals surface area contributed by atoms with Crippen molar-refractivity contribution in [3.8, 4) is 0 Å². The van der Waals surface area contributed by atoms with Crippen molar-refractivity contribution >= 4 is 50.6 Å². The van der Waals surface area contributed by atoms with Crippen LogP contribution in [0.25, 0.3) is 10.2 Å². The highest BCUT2D eigenvalue weighted by molar-refractivity contribution is 7.18. The van der Waals surface area contributed by atoms with E-state index in [0.29, 0.717) is 11.6 Å². The first-order valence-corrected chi connectivity index (χ1v) is 10.5. The van der Waals surface area contributed by atoms with Crippen LogP contribution in [0.4, 0.5) is 24.7 Å². The van der Waals surface area contributed by atoms with E-state index in [9.17, 15) is 18.0 Å². The third-order valence-corrected chi connectivity index (χ3v) is 6.49. The zero-order chi connectivity index (χ0) is 23.1. The molecular weight excluding hydrogens is 451 g/mol. The van der Waals surface area contributed by atoms with Gasteiger partial charge in [-0.2, -0.15) is 13.2 Å². The minimum absolute atomic E-state index is 0.00854. The van der Waals surface area contributed by atoms with E-state index in [2.05, 4.69) is 15.3 Å². The number of rotatable bonds is 5. The van der Waals surface area contributed by atoms with Crippen molar-refractivity contribution in [2.75, 3.05) is 24.6 Å². The van der Waals surface area contributed by atoms with Gasteiger partial charge in [-0.05, 0) is 51.6 Å². The number of thiophene rings is 1. The number of carbonyl (C=O) groups is 1. The van der Waals surface area contributed by atoms with E-state index in [1.54, 1.807) is 11.9 Å². The standard InChI is InChI=1S/C20H21ClF3N5OS/c1-9-11(3)31-19-16(9)17(25)27-18(28-19)10(2)29(4)8-15(30)26-12-5-6-14(21)13(7-12)20(22,23)24/h5-7,10H,8H2,1-4H3,(H,26,30)(H2,25,27,28). The smallest absolute Gasteiger partial charge is 0.383 e. The molecular formula is C20H21ClF3N5OS. The fraction of sp³-hybridized carbons (Fsp3) is 0.350. The molecule has 11 heteroatoms. The summed E-state index contributed by atoms with van der Waals surface area (Å²) in [7, 11) is 1.70. The number of likely N-dealkylation sites (N-methyl/N-ethyl adjacent to an activating group) is 1. The van der Waals surface area contributed by atoms with Gasteiger partial charge in [-0.25, -0.2) is 9.97 Å². The molecule has 0 aliphatic rings. The monoisotopic (exact) mass is 471 g/mol. The molecule has 31 heavy (non-hydrogen) atoms. The second-order valence-electron chi connectivity index (χ2n) is 7.26. The molecule has 1 amide bonds. The fourth-order valence-corrected chi connectivity index (χ4v) is 4.33. The molecule has 0 aliphatic heterocycles. The molecule has 1 unspecified atom stereocenters. The van der Waals surface area contributed by atoms with Crippen molar-refractivity contribution in [1.29, 1.82) is 0 Å². The normalized spacial score (nSPS) is 13.1. The number of amides is 1. The Morgan fingerprint density at radius 1 is 1.32 bits per heavy atom. The number of anilines is 2. The first kappa shape index (κ1) is 23.2. The number of nitrogen functional groups attached to an aromatic ring is 1. The Bertz CT molecular complexity index is 1150. The second kappa shape index (κ2) is 8.60. The maximum absolute atomic E-state index is 13.0. The third-order valence-electron chi connectivity index (χ3n) is 5.06. The molecule has 2 aromatic heterocycles. The number of fused-ring (bicyclic) bond motifs is 1. The summed E-state index contributed by atoms with van der Waals surface area (Å²) in [6, 6.07) is 2.88. The Kier molecular flexibility index (Phi) is 6.45. The SMILES string of the molecule is Cc1sc2nc(C(C)N(C)CC(=O)Nc3ccc(Cl)c(C(F)(F)F)c3)nc(N)c2c1C. The van der Waals surface area contributed by atoms with Gasteiger partial charge in [0.15, 0.2) is 0 Å². The van der Waals surface area contributed by atoms with Crippen LogP contribution in [-0.4, -0.2) is 34.4 Å². The van der Waals surface area contributed by atoms with E-state index in [0.717, 1.165) is 32.8 Å². The number of benzene rings is 1. The van der Waals surface area contributed by atoms with E-state index < -0.39 is 22.7 Å². The number of halogens is 4. The van der Waals surface area contributed by atoms with Crippen LogP contribution in [0.3, 0.4) is 0 Å². The van der Waals surface area contributed by atoms with Gasteiger partial charge in [0.25, 0.3) is 0 Å². The molecule has 0 bridgehead atoms. The van der Waals surface area contributed by atoms with Gasteiger partial charge in [-0.15, -0.1) is 11.3 Å². The lowest BCUT2D eigenvalue weighted by Gasteiger charge is -2.23. The van der Waals surface area contributed by atoms with Crippen LogP contribution in [0.15, 0.2) is 18.2 Å². The van der Waals surface area contributed by atoms with Gasteiger partial charge in [0, 0.05) is 10.6 Å². The van der Waals surface area contributed by atoms with Crippen molar-refractivity contribution in [3.05, 3.63) is 45.1 Å². The third kappa shape index (κ3) is 4.91. The predicted molar refractivity (Wildman–Crippen MR) is 117 cm³/mol. The lowest BCUT2D eigenvalue weighted by Crippen LogP contribution is -2.33. The van der Waals surface area contributed by atoms with E-state index in [-0.39, 0.29) is 18.3 Å². The lowest BCUT2D eigenvalue weighted by atomic mass is 10.2. The Labute approximate surface area is 186 Å². The van der Waals surface area contributed by atoms with Gasteiger partial charge in [-0.3, -0.25) is 9.69 Å². The molecule has 0 saturated carbocycles. The number of nitrogens with zero attached hydrogens (tertiary/aromatic N) is 3. The number of nitrogens with one attached hydrogen (secondary N) is 1. The topological polar surface area (TPSA) is 84.1 Å². The molecule has 0 spiro atoms. The van der Waals surface area contributed by atoms with Crippen molar-refractivity contribution < 1.29 is 18.0 Å². The highest BCUT2D eigenvalue weighted by atomic mass is 35.5. The summed E-state index contributed by atoms with van der Waals surface area (Å²) in [6.45, 7) is 5.69. The quantitative estimate of drug-likeness (QED) is 0.534. The van der Waals surface area contributed by atoms with Gasteiger partial charge in [0.05, 0.1) is 28.6 Å². The van der Waals surface area contributed by atoms with Crippen LogP contribution >= 0.6 is 22.9 Å². The molecule has 6 nitrogen and oxygen atoms in total.